The second-order valence-electron chi connectivity index (χ2n) is 5.07. The van der Waals surface area contributed by atoms with Crippen molar-refractivity contribution in [3.63, 3.8) is 0 Å². The van der Waals surface area contributed by atoms with Crippen molar-refractivity contribution in [1.29, 1.82) is 0 Å². The molecule has 0 saturated carbocycles. The molecule has 0 aliphatic carbocycles. The van der Waals surface area contributed by atoms with Crippen molar-refractivity contribution in [3.8, 4) is 0 Å². The van der Waals surface area contributed by atoms with E-state index in [2.05, 4.69) is 28.9 Å². The molecule has 0 spiro atoms. The maximum atomic E-state index is 3.50. The standard InChI is InChI=1S/C14H16N2/c1-9-6-10-3-5-16-13-2-4-15-8-12(13)11(7-9)14(10)16/h6-7,15H,2-5,8H2,1H3. The number of benzene rings is 1. The Morgan fingerprint density at radius 3 is 3.12 bits per heavy atom. The van der Waals surface area contributed by atoms with Gasteiger partial charge in [-0.15, -0.1) is 0 Å². The minimum Gasteiger partial charge on any atom is -0.344 e. The van der Waals surface area contributed by atoms with E-state index in [0.29, 0.717) is 0 Å². The van der Waals surface area contributed by atoms with Crippen molar-refractivity contribution in [1.82, 2.24) is 9.88 Å². The molecule has 3 heterocycles. The van der Waals surface area contributed by atoms with Crippen molar-refractivity contribution in [2.75, 3.05) is 6.54 Å². The molecule has 1 N–H and O–H groups in total. The van der Waals surface area contributed by atoms with Gasteiger partial charge < -0.3 is 9.88 Å². The Bertz CT molecular complexity index is 593. The summed E-state index contributed by atoms with van der Waals surface area (Å²) in [5.74, 6) is 0. The second kappa shape index (κ2) is 2.89. The van der Waals surface area contributed by atoms with Gasteiger partial charge in [0.2, 0.25) is 0 Å². The number of nitrogens with zero attached hydrogens (tertiary/aromatic N) is 1. The number of hydrogen-bond acceptors (Lipinski definition) is 1. The molecule has 1 aromatic carbocycles. The summed E-state index contributed by atoms with van der Waals surface area (Å²) in [6.45, 7) is 5.61. The van der Waals surface area contributed by atoms with Gasteiger partial charge in [-0.05, 0) is 30.5 Å². The molecule has 2 nitrogen and oxygen atoms in total. The molecule has 0 fully saturated rings. The Hall–Kier alpha value is -1.28. The van der Waals surface area contributed by atoms with Crippen molar-refractivity contribution < 1.29 is 0 Å². The summed E-state index contributed by atoms with van der Waals surface area (Å²) in [6.07, 6.45) is 2.43. The molecule has 2 aliphatic rings. The predicted octanol–water partition coefficient (Wildman–Crippen LogP) is 2.15. The van der Waals surface area contributed by atoms with Gasteiger partial charge in [0.1, 0.15) is 0 Å². The van der Waals surface area contributed by atoms with E-state index in [9.17, 15) is 0 Å². The van der Waals surface area contributed by atoms with Gasteiger partial charge in [0, 0.05) is 37.1 Å². The molecule has 0 radical (unpaired) electrons. The van der Waals surface area contributed by atoms with Crippen LogP contribution in [0.5, 0.6) is 0 Å². The van der Waals surface area contributed by atoms with Gasteiger partial charge in [0.15, 0.2) is 0 Å². The molecular formula is C14H16N2. The first-order valence-corrected chi connectivity index (χ1v) is 6.19. The highest BCUT2D eigenvalue weighted by Gasteiger charge is 2.24. The molecule has 4 rings (SSSR count). The highest BCUT2D eigenvalue weighted by atomic mass is 15.0. The van der Waals surface area contributed by atoms with Crippen molar-refractivity contribution in [2.45, 2.75) is 32.9 Å². The van der Waals surface area contributed by atoms with Crippen LogP contribution < -0.4 is 5.32 Å². The number of aromatic nitrogens is 1. The van der Waals surface area contributed by atoms with Crippen LogP contribution in [0.25, 0.3) is 10.9 Å². The SMILES string of the molecule is Cc1cc2c3c(c1)c1c(n3CC2)CCNC1. The molecule has 0 saturated heterocycles. The Morgan fingerprint density at radius 2 is 2.19 bits per heavy atom. The van der Waals surface area contributed by atoms with Gasteiger partial charge in [-0.3, -0.25) is 0 Å². The van der Waals surface area contributed by atoms with Gasteiger partial charge in [-0.25, -0.2) is 0 Å². The van der Waals surface area contributed by atoms with Crippen LogP contribution in [0.4, 0.5) is 0 Å². The van der Waals surface area contributed by atoms with Crippen molar-refractivity contribution in [2.24, 2.45) is 0 Å². The summed E-state index contributed by atoms with van der Waals surface area (Å²) in [5.41, 5.74) is 7.66. The molecule has 2 heteroatoms. The van der Waals surface area contributed by atoms with Crippen LogP contribution in [-0.4, -0.2) is 11.1 Å². The van der Waals surface area contributed by atoms with E-state index in [4.69, 9.17) is 0 Å². The summed E-state index contributed by atoms with van der Waals surface area (Å²) in [5, 5.41) is 5.01. The number of fused-ring (bicyclic) bond motifs is 3. The number of nitrogens with one attached hydrogen (secondary N) is 1. The average molecular weight is 212 g/mol. The Kier molecular flexibility index (Phi) is 1.59. The van der Waals surface area contributed by atoms with E-state index >= 15 is 0 Å². The van der Waals surface area contributed by atoms with Crippen molar-refractivity contribution in [3.05, 3.63) is 34.5 Å². The van der Waals surface area contributed by atoms with Crippen LogP contribution in [0, 0.1) is 6.92 Å². The second-order valence-corrected chi connectivity index (χ2v) is 5.07. The van der Waals surface area contributed by atoms with E-state index in [0.717, 1.165) is 13.1 Å². The van der Waals surface area contributed by atoms with Crippen LogP contribution in [0.1, 0.15) is 22.4 Å². The minimum absolute atomic E-state index is 1.06. The molecule has 0 atom stereocenters. The Balaban J connectivity index is 2.17. The lowest BCUT2D eigenvalue weighted by atomic mass is 10.0. The van der Waals surface area contributed by atoms with Crippen LogP contribution in [0.15, 0.2) is 12.1 Å². The third-order valence-electron chi connectivity index (χ3n) is 4.05. The zero-order valence-electron chi connectivity index (χ0n) is 9.64. The maximum Gasteiger partial charge on any atom is 0.0519 e. The maximum absolute atomic E-state index is 3.50. The fraction of sp³-hybridized carbons (Fsp3) is 0.429. The summed E-state index contributed by atoms with van der Waals surface area (Å²) >= 11 is 0. The first kappa shape index (κ1) is 8.82. The normalized spacial score (nSPS) is 18.1. The van der Waals surface area contributed by atoms with E-state index in [1.54, 1.807) is 16.8 Å². The van der Waals surface area contributed by atoms with E-state index < -0.39 is 0 Å². The van der Waals surface area contributed by atoms with Gasteiger partial charge >= 0.3 is 0 Å². The van der Waals surface area contributed by atoms with Crippen LogP contribution in [0.2, 0.25) is 0 Å². The van der Waals surface area contributed by atoms with Crippen LogP contribution in [-0.2, 0) is 25.9 Å². The summed E-state index contributed by atoms with van der Waals surface area (Å²) in [6, 6.07) is 4.73. The van der Waals surface area contributed by atoms with Gasteiger partial charge in [-0.1, -0.05) is 11.6 Å². The molecule has 2 aromatic rings. The van der Waals surface area contributed by atoms with Crippen LogP contribution in [0.3, 0.4) is 0 Å². The van der Waals surface area contributed by atoms with E-state index in [1.807, 2.05) is 0 Å². The molecule has 0 unspecified atom stereocenters. The van der Waals surface area contributed by atoms with Gasteiger partial charge in [0.05, 0.1) is 5.52 Å². The summed E-state index contributed by atoms with van der Waals surface area (Å²) in [7, 11) is 0. The van der Waals surface area contributed by atoms with Crippen molar-refractivity contribution >= 4 is 10.9 Å². The van der Waals surface area contributed by atoms with E-state index in [1.165, 1.54) is 35.9 Å². The lowest BCUT2D eigenvalue weighted by Crippen LogP contribution is -2.24. The first-order valence-electron chi connectivity index (χ1n) is 6.19. The fourth-order valence-electron chi connectivity index (χ4n) is 3.43. The molecule has 0 amide bonds. The lowest BCUT2D eigenvalue weighted by molar-refractivity contribution is 0.603. The van der Waals surface area contributed by atoms with E-state index in [-0.39, 0.29) is 0 Å². The zero-order chi connectivity index (χ0) is 10.7. The Morgan fingerprint density at radius 1 is 1.25 bits per heavy atom. The van der Waals surface area contributed by atoms with Crippen LogP contribution >= 0.6 is 0 Å². The largest absolute Gasteiger partial charge is 0.344 e. The topological polar surface area (TPSA) is 17.0 Å². The fourth-order valence-corrected chi connectivity index (χ4v) is 3.43. The van der Waals surface area contributed by atoms with Gasteiger partial charge in [0.25, 0.3) is 0 Å². The molecule has 16 heavy (non-hydrogen) atoms. The molecular weight excluding hydrogens is 196 g/mol. The van der Waals surface area contributed by atoms with Gasteiger partial charge in [-0.2, -0.15) is 0 Å². The molecule has 2 aliphatic heterocycles. The molecule has 82 valence electrons. The zero-order valence-corrected chi connectivity index (χ0v) is 9.64. The quantitative estimate of drug-likeness (QED) is 0.708. The lowest BCUT2D eigenvalue weighted by Gasteiger charge is -2.16. The number of rotatable bonds is 0. The summed E-state index contributed by atoms with van der Waals surface area (Å²) in [4.78, 5) is 0. The first-order chi connectivity index (χ1) is 7.84. The monoisotopic (exact) mass is 212 g/mol. The third kappa shape index (κ3) is 0.957. The third-order valence-corrected chi connectivity index (χ3v) is 4.05. The molecule has 1 aromatic heterocycles. The average Bonchev–Trinajstić information content (AvgIpc) is 2.83. The molecule has 0 bridgehead atoms. The minimum atomic E-state index is 1.06. The Labute approximate surface area is 95.3 Å². The number of hydrogen-bond donors (Lipinski definition) is 1. The summed E-state index contributed by atoms with van der Waals surface area (Å²) < 4.78 is 2.57. The number of aryl methyl sites for hydroxylation is 3. The highest BCUT2D eigenvalue weighted by Crippen LogP contribution is 2.35. The smallest absolute Gasteiger partial charge is 0.0519 e. The predicted molar refractivity (Wildman–Crippen MR) is 65.8 cm³/mol. The highest BCUT2D eigenvalue weighted by molar-refractivity contribution is 5.90.